The highest BCUT2D eigenvalue weighted by Gasteiger charge is 2.30. The van der Waals surface area contributed by atoms with Gasteiger partial charge in [-0.05, 0) is 35.4 Å². The maximum Gasteiger partial charge on any atom is 0.272 e. The number of aliphatic hydroxyl groups is 2. The third-order valence-corrected chi connectivity index (χ3v) is 3.86. The minimum Gasteiger partial charge on any atom is -0.380 e. The summed E-state index contributed by atoms with van der Waals surface area (Å²) in [5, 5.41) is 27.9. The van der Waals surface area contributed by atoms with E-state index in [4.69, 9.17) is 23.2 Å². The molecule has 0 spiro atoms. The maximum atomic E-state index is 11.8. The normalized spacial score (nSPS) is 13.4. The highest BCUT2D eigenvalue weighted by Crippen LogP contribution is 2.08. The molecule has 0 bridgehead atoms. The fraction of sp³-hybridized carbons (Fsp3) is 0.111. The molecule has 2 aromatic carbocycles. The fourth-order valence-electron chi connectivity index (χ4n) is 1.86. The summed E-state index contributed by atoms with van der Waals surface area (Å²) in [5.74, 6) is -2.12. The van der Waals surface area contributed by atoms with Gasteiger partial charge >= 0.3 is 0 Å². The van der Waals surface area contributed by atoms with Crippen LogP contribution in [0.2, 0.25) is 10.0 Å². The van der Waals surface area contributed by atoms with Crippen LogP contribution >= 0.6 is 23.2 Å². The molecule has 8 nitrogen and oxygen atoms in total. The Morgan fingerprint density at radius 1 is 0.750 bits per heavy atom. The number of aliphatic hydroxyl groups excluding tert-OH is 2. The van der Waals surface area contributed by atoms with Crippen molar-refractivity contribution in [3.63, 3.8) is 0 Å². The van der Waals surface area contributed by atoms with E-state index in [-0.39, 0.29) is 0 Å². The average Bonchev–Trinajstić information content (AvgIpc) is 2.69. The Labute approximate surface area is 170 Å². The summed E-state index contributed by atoms with van der Waals surface area (Å²) in [6.07, 6.45) is -1.45. The number of amides is 2. The molecule has 10 heteroatoms. The second-order valence-electron chi connectivity index (χ2n) is 5.46. The van der Waals surface area contributed by atoms with E-state index in [2.05, 4.69) is 10.2 Å². The van der Waals surface area contributed by atoms with Crippen LogP contribution in [0, 0.1) is 0 Å². The first-order valence-corrected chi connectivity index (χ1v) is 8.65. The van der Waals surface area contributed by atoms with E-state index < -0.39 is 24.0 Å². The van der Waals surface area contributed by atoms with Crippen LogP contribution in [-0.2, 0) is 9.59 Å². The predicted octanol–water partition coefficient (Wildman–Crippen LogP) is 1.32. The number of halogens is 2. The Morgan fingerprint density at radius 3 is 1.39 bits per heavy atom. The Hall–Kier alpha value is -2.78. The molecule has 0 unspecified atom stereocenters. The zero-order valence-corrected chi connectivity index (χ0v) is 15.8. The molecule has 2 rings (SSSR count). The minimum absolute atomic E-state index is 0.546. The van der Waals surface area contributed by atoms with Crippen LogP contribution < -0.4 is 10.9 Å². The summed E-state index contributed by atoms with van der Waals surface area (Å²) >= 11 is 11.5. The van der Waals surface area contributed by atoms with E-state index in [0.717, 1.165) is 0 Å². The number of benzene rings is 2. The molecule has 4 N–H and O–H groups in total. The van der Waals surface area contributed by atoms with Gasteiger partial charge in [0.25, 0.3) is 11.8 Å². The molecular formula is C18H16Cl2N4O4. The van der Waals surface area contributed by atoms with Crippen LogP contribution in [0.3, 0.4) is 0 Å². The number of nitrogens with one attached hydrogen (secondary N) is 2. The smallest absolute Gasteiger partial charge is 0.272 e. The van der Waals surface area contributed by atoms with Crippen molar-refractivity contribution < 1.29 is 19.8 Å². The van der Waals surface area contributed by atoms with E-state index in [9.17, 15) is 19.8 Å². The first kappa shape index (κ1) is 21.5. The number of nitrogens with zero attached hydrogens (tertiary/aromatic N) is 2. The standard InChI is InChI=1S/C18H16Cl2N4O4/c19-13-5-1-11(2-6-13)9-21-23-17(27)15(25)16(26)18(28)24-22-10-12-3-7-14(20)8-4-12/h1-10,15-16,25-26H,(H,23,27)(H,24,28)/b21-9-,22-10-/t15-,16-/m1/s1. The monoisotopic (exact) mass is 422 g/mol. The van der Waals surface area contributed by atoms with Gasteiger partial charge in [-0.15, -0.1) is 0 Å². The number of carbonyl (C=O) groups is 2. The van der Waals surface area contributed by atoms with Crippen molar-refractivity contribution in [2.75, 3.05) is 0 Å². The van der Waals surface area contributed by atoms with Crippen molar-refractivity contribution >= 4 is 47.4 Å². The Bertz CT molecular complexity index is 797. The maximum absolute atomic E-state index is 11.8. The second kappa shape index (κ2) is 10.5. The van der Waals surface area contributed by atoms with Crippen molar-refractivity contribution in [3.8, 4) is 0 Å². The summed E-state index contributed by atoms with van der Waals surface area (Å²) in [7, 11) is 0. The lowest BCUT2D eigenvalue weighted by Crippen LogP contribution is -2.47. The lowest BCUT2D eigenvalue weighted by Gasteiger charge is -2.14. The van der Waals surface area contributed by atoms with Crippen molar-refractivity contribution in [1.82, 2.24) is 10.9 Å². The average molecular weight is 423 g/mol. The molecule has 2 aromatic rings. The topological polar surface area (TPSA) is 123 Å². The van der Waals surface area contributed by atoms with Gasteiger partial charge in [0.15, 0.2) is 12.2 Å². The van der Waals surface area contributed by atoms with Crippen molar-refractivity contribution in [3.05, 3.63) is 69.7 Å². The van der Waals surface area contributed by atoms with Gasteiger partial charge in [0, 0.05) is 10.0 Å². The fourth-order valence-corrected chi connectivity index (χ4v) is 2.11. The van der Waals surface area contributed by atoms with Gasteiger partial charge in [0.05, 0.1) is 12.4 Å². The second-order valence-corrected chi connectivity index (χ2v) is 6.33. The predicted molar refractivity (Wildman–Crippen MR) is 106 cm³/mol. The molecule has 2 atom stereocenters. The highest BCUT2D eigenvalue weighted by atomic mass is 35.5. The number of hydrogen-bond acceptors (Lipinski definition) is 6. The summed E-state index contributed by atoms with van der Waals surface area (Å²) in [5.41, 5.74) is 5.34. The van der Waals surface area contributed by atoms with E-state index in [1.165, 1.54) is 12.4 Å². The third-order valence-electron chi connectivity index (χ3n) is 3.35. The molecule has 0 saturated heterocycles. The van der Waals surface area contributed by atoms with Crippen LogP contribution in [0.15, 0.2) is 58.7 Å². The summed E-state index contributed by atoms with van der Waals surface area (Å²) in [6.45, 7) is 0. The van der Waals surface area contributed by atoms with Gasteiger partial charge in [0.2, 0.25) is 0 Å². The van der Waals surface area contributed by atoms with E-state index in [0.29, 0.717) is 21.2 Å². The molecule has 146 valence electrons. The summed E-state index contributed by atoms with van der Waals surface area (Å²) < 4.78 is 0. The highest BCUT2D eigenvalue weighted by molar-refractivity contribution is 6.30. The SMILES string of the molecule is O=C(N/N=C\c1ccc(Cl)cc1)[C@H](O)[C@@H](O)C(=O)N/N=C\c1ccc(Cl)cc1. The van der Waals surface area contributed by atoms with E-state index >= 15 is 0 Å². The summed E-state index contributed by atoms with van der Waals surface area (Å²) in [6, 6.07) is 13.2. The van der Waals surface area contributed by atoms with Gasteiger partial charge in [-0.2, -0.15) is 10.2 Å². The first-order chi connectivity index (χ1) is 13.4. The number of rotatable bonds is 7. The molecule has 2 amide bonds. The van der Waals surface area contributed by atoms with Crippen molar-refractivity contribution in [2.24, 2.45) is 10.2 Å². The van der Waals surface area contributed by atoms with Crippen LogP contribution in [-0.4, -0.2) is 46.7 Å². The molecule has 0 aliphatic heterocycles. The van der Waals surface area contributed by atoms with Crippen molar-refractivity contribution in [1.29, 1.82) is 0 Å². The molecule has 0 aliphatic rings. The molecule has 0 saturated carbocycles. The van der Waals surface area contributed by atoms with Gasteiger partial charge in [-0.1, -0.05) is 47.5 Å². The van der Waals surface area contributed by atoms with Crippen LogP contribution in [0.1, 0.15) is 11.1 Å². The minimum atomic E-state index is -2.03. The lowest BCUT2D eigenvalue weighted by molar-refractivity contribution is -0.146. The molecule has 0 aliphatic carbocycles. The number of carbonyl (C=O) groups excluding carboxylic acids is 2. The quantitative estimate of drug-likeness (QED) is 0.396. The Balaban J connectivity index is 1.83. The van der Waals surface area contributed by atoms with Gasteiger partial charge in [-0.25, -0.2) is 10.9 Å². The zero-order chi connectivity index (χ0) is 20.5. The van der Waals surface area contributed by atoms with Gasteiger partial charge < -0.3 is 10.2 Å². The van der Waals surface area contributed by atoms with Gasteiger partial charge in [-0.3, -0.25) is 9.59 Å². The molecule has 0 fully saturated rings. The molecular weight excluding hydrogens is 407 g/mol. The molecule has 0 radical (unpaired) electrons. The van der Waals surface area contributed by atoms with E-state index in [1.807, 2.05) is 10.9 Å². The first-order valence-electron chi connectivity index (χ1n) is 7.90. The van der Waals surface area contributed by atoms with Crippen LogP contribution in [0.25, 0.3) is 0 Å². The third kappa shape index (κ3) is 6.75. The molecule has 0 aromatic heterocycles. The van der Waals surface area contributed by atoms with Crippen LogP contribution in [0.4, 0.5) is 0 Å². The lowest BCUT2D eigenvalue weighted by atomic mass is 10.2. The summed E-state index contributed by atoms with van der Waals surface area (Å²) in [4.78, 5) is 23.5. The Kier molecular flexibility index (Phi) is 8.09. The molecule has 0 heterocycles. The van der Waals surface area contributed by atoms with Crippen molar-refractivity contribution in [2.45, 2.75) is 12.2 Å². The van der Waals surface area contributed by atoms with E-state index in [1.54, 1.807) is 48.5 Å². The van der Waals surface area contributed by atoms with Gasteiger partial charge in [0.1, 0.15) is 0 Å². The zero-order valence-electron chi connectivity index (χ0n) is 14.3. The number of hydrogen-bond donors (Lipinski definition) is 4. The van der Waals surface area contributed by atoms with Crippen LogP contribution in [0.5, 0.6) is 0 Å². The largest absolute Gasteiger partial charge is 0.380 e. The molecule has 28 heavy (non-hydrogen) atoms. The number of hydrazone groups is 2. The Morgan fingerprint density at radius 2 is 1.07 bits per heavy atom.